The molecule has 0 N–H and O–H groups in total. The molecule has 0 rings (SSSR count). The summed E-state index contributed by atoms with van der Waals surface area (Å²) in [6.45, 7) is 0.312. The van der Waals surface area contributed by atoms with Gasteiger partial charge in [0.15, 0.2) is 0 Å². The maximum atomic E-state index is 4.72. The molecular formula is C3H8O3Si. The molecule has 0 aromatic heterocycles. The van der Waals surface area contributed by atoms with Crippen molar-refractivity contribution in [1.29, 1.82) is 0 Å². The molecule has 0 unspecified atom stereocenters. The second kappa shape index (κ2) is 6.10. The molecule has 0 aliphatic carbocycles. The highest BCUT2D eigenvalue weighted by Gasteiger charge is 1.83. The monoisotopic (exact) mass is 120 g/mol. The fourth-order valence-corrected chi connectivity index (χ4v) is 0.426. The van der Waals surface area contributed by atoms with E-state index in [-0.39, 0.29) is 10.0 Å². The molecule has 0 bridgehead atoms. The van der Waals surface area contributed by atoms with Crippen molar-refractivity contribution in [3.63, 3.8) is 0 Å². The van der Waals surface area contributed by atoms with E-state index in [4.69, 9.17) is 4.43 Å². The van der Waals surface area contributed by atoms with Crippen LogP contribution in [0.15, 0.2) is 0 Å². The largest absolute Gasteiger partial charge is 0.435 e. The average Bonchev–Trinajstić information content (AvgIpc) is 1.69. The molecule has 2 radical (unpaired) electrons. The van der Waals surface area contributed by atoms with E-state index in [0.717, 1.165) is 0 Å². The van der Waals surface area contributed by atoms with E-state index < -0.39 is 0 Å². The predicted molar refractivity (Wildman–Crippen MR) is 25.7 cm³/mol. The van der Waals surface area contributed by atoms with Crippen LogP contribution in [-0.4, -0.2) is 31.0 Å². The third kappa shape index (κ3) is 6.10. The van der Waals surface area contributed by atoms with Gasteiger partial charge in [0, 0.05) is 14.2 Å². The minimum absolute atomic E-state index is 0.0967. The molecule has 0 saturated heterocycles. The molecule has 0 aliphatic rings. The lowest BCUT2D eigenvalue weighted by molar-refractivity contribution is 0.0405. The standard InChI is InChI=1S/C3H8O3Si/c1-4-3-6-7-5-2/h3H2,1-2H3. The Balaban J connectivity index is 2.45. The molecule has 0 aromatic rings. The predicted octanol–water partition coefficient (Wildman–Crippen LogP) is -0.212. The van der Waals surface area contributed by atoms with Gasteiger partial charge in [-0.2, -0.15) is 0 Å². The second-order valence-electron chi connectivity index (χ2n) is 0.838. The van der Waals surface area contributed by atoms with Crippen molar-refractivity contribution in [3.05, 3.63) is 0 Å². The van der Waals surface area contributed by atoms with Gasteiger partial charge in [0.25, 0.3) is 0 Å². The molecule has 0 aromatic carbocycles. The fraction of sp³-hybridized carbons (Fsp3) is 1.00. The Morgan fingerprint density at radius 1 is 1.43 bits per heavy atom. The first-order valence-electron chi connectivity index (χ1n) is 1.80. The molecule has 0 atom stereocenters. The van der Waals surface area contributed by atoms with Gasteiger partial charge < -0.3 is 13.6 Å². The first kappa shape index (κ1) is 7.10. The number of hydrogen-bond acceptors (Lipinski definition) is 3. The van der Waals surface area contributed by atoms with E-state index in [9.17, 15) is 0 Å². The van der Waals surface area contributed by atoms with Gasteiger partial charge >= 0.3 is 10.0 Å². The Kier molecular flexibility index (Phi) is 6.18. The summed E-state index contributed by atoms with van der Waals surface area (Å²) < 4.78 is 13.8. The lowest BCUT2D eigenvalue weighted by Crippen LogP contribution is -2.03. The summed E-state index contributed by atoms with van der Waals surface area (Å²) in [5.41, 5.74) is 0. The molecule has 4 heteroatoms. The number of hydrogen-bond donors (Lipinski definition) is 0. The lowest BCUT2D eigenvalue weighted by atomic mass is 11.4. The summed E-state index contributed by atoms with van der Waals surface area (Å²) in [4.78, 5) is 0. The van der Waals surface area contributed by atoms with Crippen LogP contribution in [0.1, 0.15) is 0 Å². The number of methoxy groups -OCH3 is 1. The lowest BCUT2D eigenvalue weighted by Gasteiger charge is -1.94. The molecule has 42 valence electrons. The van der Waals surface area contributed by atoms with Crippen LogP contribution in [0, 0.1) is 0 Å². The quantitative estimate of drug-likeness (QED) is 0.292. The van der Waals surface area contributed by atoms with Crippen molar-refractivity contribution < 1.29 is 13.6 Å². The molecule has 0 amide bonds. The normalized spacial score (nSPS) is 9.43. The maximum Gasteiger partial charge on any atom is 0.435 e. The Morgan fingerprint density at radius 2 is 2.14 bits per heavy atom. The summed E-state index contributed by atoms with van der Waals surface area (Å²) >= 11 is 0. The fourth-order valence-electron chi connectivity index (χ4n) is 0.142. The zero-order chi connectivity index (χ0) is 5.54. The first-order chi connectivity index (χ1) is 3.41. The van der Waals surface area contributed by atoms with Crippen LogP contribution < -0.4 is 0 Å². The van der Waals surface area contributed by atoms with E-state index in [2.05, 4.69) is 9.16 Å². The smallest absolute Gasteiger partial charge is 0.396 e. The molecule has 3 nitrogen and oxygen atoms in total. The van der Waals surface area contributed by atoms with Crippen LogP contribution in [0.4, 0.5) is 0 Å². The second-order valence-corrected chi connectivity index (χ2v) is 1.70. The van der Waals surface area contributed by atoms with Crippen molar-refractivity contribution in [1.82, 2.24) is 0 Å². The van der Waals surface area contributed by atoms with Crippen LogP contribution in [0.5, 0.6) is 0 Å². The van der Waals surface area contributed by atoms with Gasteiger partial charge in [-0.05, 0) is 0 Å². The third-order valence-corrected chi connectivity index (χ3v) is 0.721. The van der Waals surface area contributed by atoms with Crippen LogP contribution in [0.25, 0.3) is 0 Å². The molecule has 0 saturated carbocycles. The van der Waals surface area contributed by atoms with Crippen molar-refractivity contribution in [2.24, 2.45) is 0 Å². The minimum atomic E-state index is 0.0967. The number of rotatable bonds is 4. The van der Waals surface area contributed by atoms with Crippen LogP contribution in [0.3, 0.4) is 0 Å². The highest BCUT2D eigenvalue weighted by Crippen LogP contribution is 1.68. The van der Waals surface area contributed by atoms with Crippen molar-refractivity contribution in [3.8, 4) is 0 Å². The van der Waals surface area contributed by atoms with Gasteiger partial charge in [0.05, 0.1) is 0 Å². The molecule has 0 fully saturated rings. The highest BCUT2D eigenvalue weighted by atomic mass is 28.3. The van der Waals surface area contributed by atoms with Gasteiger partial charge in [-0.15, -0.1) is 0 Å². The Labute approximate surface area is 45.6 Å². The average molecular weight is 120 g/mol. The van der Waals surface area contributed by atoms with Crippen molar-refractivity contribution in [2.45, 2.75) is 0 Å². The van der Waals surface area contributed by atoms with Crippen LogP contribution >= 0.6 is 0 Å². The Bertz CT molecular complexity index is 29.4. The van der Waals surface area contributed by atoms with Gasteiger partial charge in [0.2, 0.25) is 0 Å². The van der Waals surface area contributed by atoms with Gasteiger partial charge in [-0.1, -0.05) is 0 Å². The summed E-state index contributed by atoms with van der Waals surface area (Å²) in [5, 5.41) is 0. The molecule has 0 aliphatic heterocycles. The highest BCUT2D eigenvalue weighted by molar-refractivity contribution is 6.17. The summed E-state index contributed by atoms with van der Waals surface area (Å²) in [6.07, 6.45) is 0. The van der Waals surface area contributed by atoms with E-state index in [0.29, 0.717) is 6.79 Å². The first-order valence-corrected chi connectivity index (χ1v) is 2.62. The summed E-state index contributed by atoms with van der Waals surface area (Å²) in [7, 11) is 3.24. The van der Waals surface area contributed by atoms with Gasteiger partial charge in [-0.3, -0.25) is 0 Å². The Hall–Kier alpha value is 0.0969. The molecule has 0 heterocycles. The summed E-state index contributed by atoms with van der Waals surface area (Å²) in [5.74, 6) is 0. The van der Waals surface area contributed by atoms with E-state index in [1.54, 1.807) is 14.2 Å². The maximum absolute atomic E-state index is 4.72. The zero-order valence-corrected chi connectivity index (χ0v) is 5.43. The Morgan fingerprint density at radius 3 is 2.57 bits per heavy atom. The van der Waals surface area contributed by atoms with Crippen molar-refractivity contribution in [2.75, 3.05) is 21.0 Å². The topological polar surface area (TPSA) is 27.7 Å². The SMILES string of the molecule is COCO[Si]OC. The van der Waals surface area contributed by atoms with Gasteiger partial charge in [-0.25, -0.2) is 0 Å². The van der Waals surface area contributed by atoms with Crippen molar-refractivity contribution >= 4 is 10.0 Å². The summed E-state index contributed by atoms with van der Waals surface area (Å²) in [6, 6.07) is 0. The van der Waals surface area contributed by atoms with E-state index >= 15 is 0 Å². The van der Waals surface area contributed by atoms with E-state index in [1.807, 2.05) is 0 Å². The minimum Gasteiger partial charge on any atom is -0.396 e. The van der Waals surface area contributed by atoms with Gasteiger partial charge in [0.1, 0.15) is 6.79 Å². The number of ether oxygens (including phenoxy) is 1. The third-order valence-electron chi connectivity index (χ3n) is 0.319. The van der Waals surface area contributed by atoms with Crippen LogP contribution in [-0.2, 0) is 13.6 Å². The van der Waals surface area contributed by atoms with Crippen LogP contribution in [0.2, 0.25) is 0 Å². The van der Waals surface area contributed by atoms with E-state index in [1.165, 1.54) is 0 Å². The zero-order valence-electron chi connectivity index (χ0n) is 4.43. The molecule has 0 spiro atoms. The molecule has 7 heavy (non-hydrogen) atoms. The molecular weight excluding hydrogens is 112 g/mol.